The number of hydrogen-bond donors (Lipinski definition) is 0. The average Bonchev–Trinajstić information content (AvgIpc) is 3.03. The Labute approximate surface area is 210 Å². The van der Waals surface area contributed by atoms with Gasteiger partial charge in [0.2, 0.25) is 0 Å². The molecule has 0 N–H and O–H groups in total. The highest BCUT2D eigenvalue weighted by Crippen LogP contribution is 2.55. The number of hydrogen-bond acceptors (Lipinski definition) is 7. The molecular weight excluding hydrogens is 516 g/mol. The molecule has 1 heterocycles. The Kier molecular flexibility index (Phi) is 7.39. The Morgan fingerprint density at radius 2 is 1.58 bits per heavy atom. The summed E-state index contributed by atoms with van der Waals surface area (Å²) in [5.74, 6) is -4.63. The van der Waals surface area contributed by atoms with E-state index in [-0.39, 0.29) is 42.5 Å². The summed E-state index contributed by atoms with van der Waals surface area (Å²) in [6.07, 6.45) is 0. The van der Waals surface area contributed by atoms with Gasteiger partial charge >= 0.3 is 23.7 Å². The third kappa shape index (κ3) is 4.35. The monoisotopic (exact) mass is 533 g/mol. The van der Waals surface area contributed by atoms with E-state index >= 15 is 0 Å². The second-order valence-electron chi connectivity index (χ2n) is 7.05. The first-order valence-electron chi connectivity index (χ1n) is 9.85. The van der Waals surface area contributed by atoms with Gasteiger partial charge in [-0.25, -0.2) is 4.79 Å². The molecule has 0 aliphatic carbocycles. The SMILES string of the molecule is CCN(CC)c1ccc(C2(OC(C)=O)OC(=O)c3c(Cl)c(Cl)c(Cl)c(Cl)c32)c(OC(C)=O)c1. The third-order valence-electron chi connectivity index (χ3n) is 5.03. The zero-order valence-electron chi connectivity index (χ0n) is 18.1. The minimum atomic E-state index is -2.22. The summed E-state index contributed by atoms with van der Waals surface area (Å²) >= 11 is 25.1. The number of esters is 3. The second kappa shape index (κ2) is 9.58. The summed E-state index contributed by atoms with van der Waals surface area (Å²) in [6.45, 7) is 7.62. The molecule has 1 aliphatic rings. The van der Waals surface area contributed by atoms with Crippen molar-refractivity contribution >= 4 is 70.0 Å². The van der Waals surface area contributed by atoms with Gasteiger partial charge in [0.1, 0.15) is 5.75 Å². The summed E-state index contributed by atoms with van der Waals surface area (Å²) in [4.78, 5) is 39.0. The van der Waals surface area contributed by atoms with Crippen molar-refractivity contribution in [3.63, 3.8) is 0 Å². The minimum absolute atomic E-state index is 0.00735. The van der Waals surface area contributed by atoms with E-state index < -0.39 is 23.7 Å². The van der Waals surface area contributed by atoms with Crippen molar-refractivity contribution in [1.82, 2.24) is 0 Å². The molecule has 7 nitrogen and oxygen atoms in total. The van der Waals surface area contributed by atoms with Crippen molar-refractivity contribution in [3.8, 4) is 5.75 Å². The number of fused-ring (bicyclic) bond motifs is 1. The number of cyclic esters (lactones) is 1. The maximum Gasteiger partial charge on any atom is 0.344 e. The van der Waals surface area contributed by atoms with Gasteiger partial charge in [0.25, 0.3) is 0 Å². The van der Waals surface area contributed by atoms with E-state index in [0.29, 0.717) is 13.1 Å². The molecule has 0 aromatic heterocycles. The van der Waals surface area contributed by atoms with E-state index in [0.717, 1.165) is 12.6 Å². The molecule has 0 radical (unpaired) electrons. The lowest BCUT2D eigenvalue weighted by Gasteiger charge is -2.31. The number of ether oxygens (including phenoxy) is 3. The van der Waals surface area contributed by atoms with Gasteiger partial charge in [-0.1, -0.05) is 46.4 Å². The van der Waals surface area contributed by atoms with Crippen molar-refractivity contribution in [1.29, 1.82) is 0 Å². The Morgan fingerprint density at radius 1 is 0.970 bits per heavy atom. The number of carbonyl (C=O) groups is 3. The second-order valence-corrected chi connectivity index (χ2v) is 8.56. The maximum absolute atomic E-state index is 12.9. The zero-order valence-corrected chi connectivity index (χ0v) is 21.1. The van der Waals surface area contributed by atoms with Gasteiger partial charge in [0, 0.05) is 38.7 Å². The first-order valence-corrected chi connectivity index (χ1v) is 11.4. The van der Waals surface area contributed by atoms with Crippen LogP contribution in [0.15, 0.2) is 18.2 Å². The van der Waals surface area contributed by atoms with E-state index in [4.69, 9.17) is 60.6 Å². The van der Waals surface area contributed by atoms with E-state index in [1.54, 1.807) is 12.1 Å². The molecule has 176 valence electrons. The highest BCUT2D eigenvalue weighted by atomic mass is 35.5. The summed E-state index contributed by atoms with van der Waals surface area (Å²) in [6, 6.07) is 4.80. The molecule has 0 fully saturated rings. The van der Waals surface area contributed by atoms with Crippen LogP contribution in [0.2, 0.25) is 20.1 Å². The lowest BCUT2D eigenvalue weighted by atomic mass is 9.93. The first kappa shape index (κ1) is 25.4. The highest BCUT2D eigenvalue weighted by molar-refractivity contribution is 6.53. The molecule has 0 spiro atoms. The number of anilines is 1. The molecule has 3 rings (SSSR count). The lowest BCUT2D eigenvalue weighted by molar-refractivity contribution is -0.191. The number of rotatable bonds is 6. The predicted molar refractivity (Wildman–Crippen MR) is 126 cm³/mol. The summed E-state index contributed by atoms with van der Waals surface area (Å²) in [5, 5.41) is -0.732. The molecule has 0 saturated carbocycles. The molecule has 2 aromatic rings. The van der Waals surface area contributed by atoms with Gasteiger partial charge < -0.3 is 19.1 Å². The number of halogens is 4. The van der Waals surface area contributed by atoms with Crippen molar-refractivity contribution in [2.45, 2.75) is 33.5 Å². The Morgan fingerprint density at radius 3 is 2.12 bits per heavy atom. The quantitative estimate of drug-likeness (QED) is 0.194. The van der Waals surface area contributed by atoms with Crippen molar-refractivity contribution in [2.75, 3.05) is 18.0 Å². The standard InChI is InChI=1S/C22H19Cl4NO6/c1-5-27(6-2)12-7-8-13(14(9-12)31-10(3)28)22(32-11(4)29)16-15(21(30)33-22)17(23)19(25)20(26)18(16)24/h7-9H,5-6H2,1-4H3. The van der Waals surface area contributed by atoms with Crippen LogP contribution in [0, 0.1) is 0 Å². The van der Waals surface area contributed by atoms with E-state index in [1.165, 1.54) is 13.0 Å². The highest BCUT2D eigenvalue weighted by Gasteiger charge is 2.55. The Bertz CT molecular complexity index is 1160. The molecule has 1 atom stereocenters. The molecule has 0 saturated heterocycles. The van der Waals surface area contributed by atoms with Crippen LogP contribution < -0.4 is 9.64 Å². The molecule has 0 amide bonds. The summed E-state index contributed by atoms with van der Waals surface area (Å²) in [5.41, 5.74) is 0.430. The van der Waals surface area contributed by atoms with Crippen LogP contribution in [-0.2, 0) is 24.8 Å². The molecule has 1 aliphatic heterocycles. The Balaban J connectivity index is 2.41. The minimum Gasteiger partial charge on any atom is -0.426 e. The van der Waals surface area contributed by atoms with Gasteiger partial charge in [-0.3, -0.25) is 9.59 Å². The predicted octanol–water partition coefficient (Wildman–Crippen LogP) is 6.01. The van der Waals surface area contributed by atoms with Crippen LogP contribution in [0.4, 0.5) is 5.69 Å². The van der Waals surface area contributed by atoms with Gasteiger partial charge in [-0.05, 0) is 26.0 Å². The fourth-order valence-electron chi connectivity index (χ4n) is 3.69. The van der Waals surface area contributed by atoms with E-state index in [1.807, 2.05) is 18.7 Å². The van der Waals surface area contributed by atoms with Crippen molar-refractivity contribution in [3.05, 3.63) is 55.0 Å². The Hall–Kier alpha value is -2.19. The normalized spacial score (nSPS) is 16.8. The summed E-state index contributed by atoms with van der Waals surface area (Å²) in [7, 11) is 0. The van der Waals surface area contributed by atoms with E-state index in [2.05, 4.69) is 0 Å². The maximum atomic E-state index is 12.9. The fourth-order valence-corrected chi connectivity index (χ4v) is 4.75. The van der Waals surface area contributed by atoms with Crippen LogP contribution in [-0.4, -0.2) is 31.0 Å². The molecule has 2 aromatic carbocycles. The topological polar surface area (TPSA) is 82.1 Å². The molecule has 0 bridgehead atoms. The van der Waals surface area contributed by atoms with Gasteiger partial charge in [-0.15, -0.1) is 0 Å². The first-order chi connectivity index (χ1) is 15.5. The van der Waals surface area contributed by atoms with E-state index in [9.17, 15) is 14.4 Å². The molecule has 1 unspecified atom stereocenters. The van der Waals surface area contributed by atoms with Gasteiger partial charge in [0.05, 0.1) is 36.8 Å². The third-order valence-corrected chi connectivity index (χ3v) is 6.83. The number of carbonyl (C=O) groups excluding carboxylic acids is 3. The smallest absolute Gasteiger partial charge is 0.344 e. The lowest BCUT2D eigenvalue weighted by Crippen LogP contribution is -2.34. The fraction of sp³-hybridized carbons (Fsp3) is 0.318. The van der Waals surface area contributed by atoms with Crippen LogP contribution in [0.3, 0.4) is 0 Å². The van der Waals surface area contributed by atoms with Crippen LogP contribution in [0.1, 0.15) is 49.2 Å². The molecule has 33 heavy (non-hydrogen) atoms. The van der Waals surface area contributed by atoms with Crippen molar-refractivity contribution in [2.24, 2.45) is 0 Å². The zero-order chi connectivity index (χ0) is 24.7. The number of benzene rings is 2. The number of nitrogens with zero attached hydrogens (tertiary/aromatic N) is 1. The largest absolute Gasteiger partial charge is 0.426 e. The summed E-state index contributed by atoms with van der Waals surface area (Å²) < 4.78 is 16.6. The van der Waals surface area contributed by atoms with Crippen LogP contribution >= 0.6 is 46.4 Å². The average molecular weight is 535 g/mol. The van der Waals surface area contributed by atoms with Crippen molar-refractivity contribution < 1.29 is 28.6 Å². The van der Waals surface area contributed by atoms with Crippen LogP contribution in [0.5, 0.6) is 5.75 Å². The molecular formula is C22H19Cl4NO6. The van der Waals surface area contributed by atoms with Crippen LogP contribution in [0.25, 0.3) is 0 Å². The molecule has 11 heteroatoms. The van der Waals surface area contributed by atoms with Gasteiger partial charge in [-0.2, -0.15) is 0 Å². The van der Waals surface area contributed by atoms with Gasteiger partial charge in [0.15, 0.2) is 0 Å².